The van der Waals surface area contributed by atoms with Gasteiger partial charge in [0, 0.05) is 24.5 Å². The van der Waals surface area contributed by atoms with E-state index in [0.29, 0.717) is 19.0 Å². The van der Waals surface area contributed by atoms with Gasteiger partial charge in [-0.2, -0.15) is 5.10 Å². The first-order chi connectivity index (χ1) is 15.5. The van der Waals surface area contributed by atoms with E-state index in [9.17, 15) is 4.79 Å². The van der Waals surface area contributed by atoms with E-state index in [4.69, 9.17) is 4.74 Å². The van der Waals surface area contributed by atoms with Gasteiger partial charge in [0.1, 0.15) is 0 Å². The maximum Gasteiger partial charge on any atom is 0.242 e. The Balaban J connectivity index is 1.82. The van der Waals surface area contributed by atoms with Crippen LogP contribution in [0.5, 0.6) is 0 Å². The maximum atomic E-state index is 13.6. The van der Waals surface area contributed by atoms with Gasteiger partial charge in [0.05, 0.1) is 24.4 Å². The number of nitrogens with zero attached hydrogens (tertiary/aromatic N) is 5. The zero-order chi connectivity index (χ0) is 22.9. The summed E-state index contributed by atoms with van der Waals surface area (Å²) in [5.74, 6) is 0.591. The van der Waals surface area contributed by atoms with Gasteiger partial charge in [-0.25, -0.2) is 0 Å². The minimum Gasteiger partial charge on any atom is -0.476 e. The summed E-state index contributed by atoms with van der Waals surface area (Å²) < 4.78 is 5.52. The minimum atomic E-state index is 0.0351. The third kappa shape index (κ3) is 6.01. The van der Waals surface area contributed by atoms with Gasteiger partial charge in [0.15, 0.2) is 0 Å². The van der Waals surface area contributed by atoms with Crippen LogP contribution in [-0.2, 0) is 16.1 Å². The van der Waals surface area contributed by atoms with Crippen LogP contribution in [0.15, 0.2) is 52.8 Å². The SMILES string of the molecule is C=N/N=C(\OCC)c1ccc(CN(C(=O)C2CCN(CC)CC2)c2cccc(C)c2)nc1. The maximum absolute atomic E-state index is 13.6. The summed E-state index contributed by atoms with van der Waals surface area (Å²) in [6.07, 6.45) is 3.49. The number of likely N-dealkylation sites (tertiary alicyclic amines) is 1. The molecule has 1 aliphatic heterocycles. The number of hydrogen-bond acceptors (Lipinski definition) is 6. The molecule has 0 N–H and O–H groups in total. The van der Waals surface area contributed by atoms with Crippen LogP contribution in [-0.4, -0.2) is 54.6 Å². The summed E-state index contributed by atoms with van der Waals surface area (Å²) >= 11 is 0. The fraction of sp³-hybridized carbons (Fsp3) is 0.440. The average molecular weight is 436 g/mol. The molecule has 0 radical (unpaired) electrons. The number of benzene rings is 1. The highest BCUT2D eigenvalue weighted by Gasteiger charge is 2.29. The van der Waals surface area contributed by atoms with Crippen molar-refractivity contribution in [3.63, 3.8) is 0 Å². The van der Waals surface area contributed by atoms with E-state index in [2.05, 4.69) is 39.8 Å². The predicted molar refractivity (Wildman–Crippen MR) is 129 cm³/mol. The van der Waals surface area contributed by atoms with Crippen molar-refractivity contribution in [3.8, 4) is 0 Å². The number of rotatable bonds is 8. The van der Waals surface area contributed by atoms with Crippen molar-refractivity contribution in [2.24, 2.45) is 16.1 Å². The summed E-state index contributed by atoms with van der Waals surface area (Å²) in [5.41, 5.74) is 3.56. The van der Waals surface area contributed by atoms with Crippen LogP contribution in [0.1, 0.15) is 43.5 Å². The molecule has 1 aromatic carbocycles. The van der Waals surface area contributed by atoms with Crippen LogP contribution in [0, 0.1) is 12.8 Å². The van der Waals surface area contributed by atoms with Gasteiger partial charge >= 0.3 is 0 Å². The van der Waals surface area contributed by atoms with Gasteiger partial charge in [0.25, 0.3) is 0 Å². The molecule has 1 fully saturated rings. The fourth-order valence-electron chi connectivity index (χ4n) is 3.99. The Bertz CT molecular complexity index is 934. The zero-order valence-corrected chi connectivity index (χ0v) is 19.3. The molecule has 2 aromatic rings. The Morgan fingerprint density at radius 3 is 2.62 bits per heavy atom. The van der Waals surface area contributed by atoms with Crippen molar-refractivity contribution >= 4 is 24.2 Å². The molecule has 1 amide bonds. The van der Waals surface area contributed by atoms with Gasteiger partial charge < -0.3 is 14.5 Å². The molecule has 32 heavy (non-hydrogen) atoms. The van der Waals surface area contributed by atoms with Crippen molar-refractivity contribution in [2.45, 2.75) is 40.2 Å². The standard InChI is InChI=1S/C25H33N5O2/c1-5-29-14-12-20(13-15-29)25(31)30(23-9-7-8-19(3)16-23)18-22-11-10-21(17-27-22)24(28-26-4)32-6-2/h7-11,16-17,20H,4-6,12-15,18H2,1-3H3/b28-24-. The highest BCUT2D eigenvalue weighted by atomic mass is 16.5. The normalized spacial score (nSPS) is 15.4. The molecule has 2 heterocycles. The smallest absolute Gasteiger partial charge is 0.242 e. The molecule has 0 spiro atoms. The Kier molecular flexibility index (Phi) is 8.50. The van der Waals surface area contributed by atoms with Crippen LogP contribution in [0.4, 0.5) is 5.69 Å². The summed E-state index contributed by atoms with van der Waals surface area (Å²) in [6.45, 7) is 13.4. The average Bonchev–Trinajstić information content (AvgIpc) is 2.82. The first-order valence-corrected chi connectivity index (χ1v) is 11.3. The number of aryl methyl sites for hydroxylation is 1. The molecule has 7 heteroatoms. The van der Waals surface area contributed by atoms with E-state index in [1.54, 1.807) is 6.20 Å². The topological polar surface area (TPSA) is 70.4 Å². The second kappa shape index (κ2) is 11.5. The second-order valence-electron chi connectivity index (χ2n) is 7.99. The van der Waals surface area contributed by atoms with Crippen molar-refractivity contribution in [3.05, 3.63) is 59.4 Å². The largest absolute Gasteiger partial charge is 0.476 e. The molecule has 3 rings (SSSR count). The van der Waals surface area contributed by atoms with Gasteiger partial charge in [0.2, 0.25) is 11.8 Å². The number of hydrogen-bond donors (Lipinski definition) is 0. The first-order valence-electron chi connectivity index (χ1n) is 11.3. The number of aromatic nitrogens is 1. The summed E-state index contributed by atoms with van der Waals surface area (Å²) in [7, 11) is 0. The van der Waals surface area contributed by atoms with Crippen LogP contribution in [0.25, 0.3) is 0 Å². The molecule has 7 nitrogen and oxygen atoms in total. The first kappa shape index (κ1) is 23.6. The second-order valence-corrected chi connectivity index (χ2v) is 7.99. The Labute approximate surface area is 190 Å². The zero-order valence-electron chi connectivity index (χ0n) is 19.3. The lowest BCUT2D eigenvalue weighted by Gasteiger charge is -2.33. The fourth-order valence-corrected chi connectivity index (χ4v) is 3.99. The van der Waals surface area contributed by atoms with Crippen LogP contribution < -0.4 is 4.90 Å². The van der Waals surface area contributed by atoms with Crippen LogP contribution >= 0.6 is 0 Å². The highest BCUT2D eigenvalue weighted by molar-refractivity contribution is 5.95. The third-order valence-electron chi connectivity index (χ3n) is 5.80. The van der Waals surface area contributed by atoms with E-state index in [1.165, 1.54) is 0 Å². The molecule has 170 valence electrons. The number of ether oxygens (including phenoxy) is 1. The summed E-state index contributed by atoms with van der Waals surface area (Å²) in [4.78, 5) is 22.4. The Morgan fingerprint density at radius 1 is 1.25 bits per heavy atom. The highest BCUT2D eigenvalue weighted by Crippen LogP contribution is 2.25. The molecule has 1 saturated heterocycles. The molecule has 0 unspecified atom stereocenters. The molecule has 0 aliphatic carbocycles. The van der Waals surface area contributed by atoms with Gasteiger partial charge in [-0.05, 0) is 76.2 Å². The molecule has 0 atom stereocenters. The predicted octanol–water partition coefficient (Wildman–Crippen LogP) is 4.05. The summed E-state index contributed by atoms with van der Waals surface area (Å²) in [6, 6.07) is 11.9. The molecule has 0 bridgehead atoms. The molecule has 0 saturated carbocycles. The quantitative estimate of drug-likeness (QED) is 0.356. The number of amides is 1. The molecular weight excluding hydrogens is 402 g/mol. The lowest BCUT2D eigenvalue weighted by Crippen LogP contribution is -2.42. The monoisotopic (exact) mass is 435 g/mol. The lowest BCUT2D eigenvalue weighted by molar-refractivity contribution is -0.123. The van der Waals surface area contributed by atoms with E-state index in [-0.39, 0.29) is 11.8 Å². The number of carbonyl (C=O) groups is 1. The number of carbonyl (C=O) groups excluding carboxylic acids is 1. The Hall–Kier alpha value is -3.06. The number of anilines is 1. The van der Waals surface area contributed by atoms with Gasteiger partial charge in [-0.15, -0.1) is 5.10 Å². The molecule has 1 aliphatic rings. The van der Waals surface area contributed by atoms with E-state index < -0.39 is 0 Å². The minimum absolute atomic E-state index is 0.0351. The van der Waals surface area contributed by atoms with Crippen LogP contribution in [0.2, 0.25) is 0 Å². The molecular formula is C25H33N5O2. The third-order valence-corrected chi connectivity index (χ3v) is 5.80. The van der Waals surface area contributed by atoms with Crippen molar-refractivity contribution in [2.75, 3.05) is 31.1 Å². The van der Waals surface area contributed by atoms with Crippen molar-refractivity contribution in [1.29, 1.82) is 0 Å². The number of pyridine rings is 1. The van der Waals surface area contributed by atoms with E-state index in [0.717, 1.165) is 55.0 Å². The summed E-state index contributed by atoms with van der Waals surface area (Å²) in [5, 5.41) is 7.50. The van der Waals surface area contributed by atoms with Gasteiger partial charge in [-0.1, -0.05) is 19.1 Å². The van der Waals surface area contributed by atoms with Crippen molar-refractivity contribution in [1.82, 2.24) is 9.88 Å². The van der Waals surface area contributed by atoms with Crippen molar-refractivity contribution < 1.29 is 9.53 Å². The number of piperidine rings is 1. The lowest BCUT2D eigenvalue weighted by atomic mass is 9.94. The van der Waals surface area contributed by atoms with E-state index in [1.807, 2.05) is 49.1 Å². The Morgan fingerprint density at radius 2 is 2.03 bits per heavy atom. The van der Waals surface area contributed by atoms with Gasteiger partial charge in [-0.3, -0.25) is 9.78 Å². The van der Waals surface area contributed by atoms with E-state index >= 15 is 0 Å². The van der Waals surface area contributed by atoms with Crippen LogP contribution in [0.3, 0.4) is 0 Å². The molecule has 1 aromatic heterocycles.